The fourth-order valence-electron chi connectivity index (χ4n) is 0.276. The fraction of sp³-hybridized carbons (Fsp3) is 0.500. The van der Waals surface area contributed by atoms with Crippen molar-refractivity contribution in [2.75, 3.05) is 5.75 Å². The summed E-state index contributed by atoms with van der Waals surface area (Å²) in [5, 5.41) is 3.74. The van der Waals surface area contributed by atoms with Crippen LogP contribution in [0.4, 0.5) is 0 Å². The fourth-order valence-corrected chi connectivity index (χ4v) is 0.661. The van der Waals surface area contributed by atoms with Gasteiger partial charge in [-0.1, -0.05) is 6.58 Å². The van der Waals surface area contributed by atoms with E-state index in [4.69, 9.17) is 0 Å². The second kappa shape index (κ2) is 1.56. The first-order valence-corrected chi connectivity index (χ1v) is 2.97. The van der Waals surface area contributed by atoms with Crippen molar-refractivity contribution in [1.82, 2.24) is 5.32 Å². The van der Waals surface area contributed by atoms with Crippen molar-refractivity contribution in [2.24, 2.45) is 0 Å². The number of rotatable bonds is 2. The number of thioether (sulfide) groups is 1. The molecule has 0 saturated carbocycles. The SMILES string of the molecule is C=CNC1CS1. The number of nitrogens with one attached hydrogen (secondary N) is 1. The third-order valence-electron chi connectivity index (χ3n) is 0.637. The van der Waals surface area contributed by atoms with E-state index < -0.39 is 0 Å². The summed E-state index contributed by atoms with van der Waals surface area (Å²) in [7, 11) is 0. The maximum Gasteiger partial charge on any atom is 0.0810 e. The van der Waals surface area contributed by atoms with Gasteiger partial charge in [-0.05, 0) is 6.20 Å². The molecule has 0 aromatic rings. The summed E-state index contributed by atoms with van der Waals surface area (Å²) in [5.41, 5.74) is 0. The van der Waals surface area contributed by atoms with Crippen LogP contribution in [-0.2, 0) is 0 Å². The van der Waals surface area contributed by atoms with Crippen LogP contribution in [0.2, 0.25) is 0 Å². The minimum atomic E-state index is 0.697. The molecule has 34 valence electrons. The van der Waals surface area contributed by atoms with Crippen LogP contribution in [-0.4, -0.2) is 11.1 Å². The van der Waals surface area contributed by atoms with E-state index >= 15 is 0 Å². The summed E-state index contributed by atoms with van der Waals surface area (Å²) in [4.78, 5) is 0. The average Bonchev–Trinajstić information content (AvgIpc) is 2.21. The van der Waals surface area contributed by atoms with Crippen molar-refractivity contribution in [3.8, 4) is 0 Å². The summed E-state index contributed by atoms with van der Waals surface area (Å²) in [6.07, 6.45) is 1.74. The lowest BCUT2D eigenvalue weighted by atomic mass is 10.7. The zero-order valence-electron chi connectivity index (χ0n) is 3.48. The molecule has 1 N–H and O–H groups in total. The van der Waals surface area contributed by atoms with E-state index in [0.717, 1.165) is 0 Å². The van der Waals surface area contributed by atoms with Crippen molar-refractivity contribution in [2.45, 2.75) is 5.37 Å². The molecular weight excluding hydrogens is 94.1 g/mol. The third kappa shape index (κ3) is 0.937. The molecule has 1 fully saturated rings. The van der Waals surface area contributed by atoms with E-state index in [-0.39, 0.29) is 0 Å². The van der Waals surface area contributed by atoms with Gasteiger partial charge < -0.3 is 5.32 Å². The van der Waals surface area contributed by atoms with Crippen molar-refractivity contribution < 1.29 is 0 Å². The second-order valence-corrected chi connectivity index (χ2v) is 2.43. The highest BCUT2D eigenvalue weighted by Gasteiger charge is 2.19. The van der Waals surface area contributed by atoms with E-state index in [9.17, 15) is 0 Å². The lowest BCUT2D eigenvalue weighted by Crippen LogP contribution is -2.05. The quantitative estimate of drug-likeness (QED) is 0.516. The summed E-state index contributed by atoms with van der Waals surface area (Å²) in [6.45, 7) is 3.52. The zero-order valence-corrected chi connectivity index (χ0v) is 4.29. The highest BCUT2D eigenvalue weighted by molar-refractivity contribution is 8.06. The van der Waals surface area contributed by atoms with Gasteiger partial charge in [0.2, 0.25) is 0 Å². The first-order chi connectivity index (χ1) is 2.93. The number of hydrogen-bond acceptors (Lipinski definition) is 2. The van der Waals surface area contributed by atoms with Crippen LogP contribution in [0.5, 0.6) is 0 Å². The van der Waals surface area contributed by atoms with Gasteiger partial charge >= 0.3 is 0 Å². The largest absolute Gasteiger partial charge is 0.379 e. The van der Waals surface area contributed by atoms with Gasteiger partial charge in [0.05, 0.1) is 5.37 Å². The van der Waals surface area contributed by atoms with Crippen molar-refractivity contribution >= 4 is 11.8 Å². The molecule has 1 aliphatic rings. The maximum atomic E-state index is 3.52. The van der Waals surface area contributed by atoms with Gasteiger partial charge in [-0.2, -0.15) is 0 Å². The zero-order chi connectivity index (χ0) is 4.41. The van der Waals surface area contributed by atoms with Gasteiger partial charge in [0.25, 0.3) is 0 Å². The molecule has 2 heteroatoms. The molecule has 1 saturated heterocycles. The Balaban J connectivity index is 2.00. The van der Waals surface area contributed by atoms with E-state index in [1.54, 1.807) is 6.20 Å². The van der Waals surface area contributed by atoms with Crippen LogP contribution in [0.15, 0.2) is 12.8 Å². The Morgan fingerprint density at radius 2 is 2.67 bits per heavy atom. The Bertz CT molecular complexity index is 58.6. The molecule has 1 rings (SSSR count). The molecule has 1 nitrogen and oxygen atoms in total. The van der Waals surface area contributed by atoms with E-state index in [1.807, 2.05) is 11.8 Å². The highest BCUT2D eigenvalue weighted by Crippen LogP contribution is 2.26. The van der Waals surface area contributed by atoms with Crippen LogP contribution >= 0.6 is 11.8 Å². The van der Waals surface area contributed by atoms with Gasteiger partial charge in [0.1, 0.15) is 0 Å². The summed E-state index contributed by atoms with van der Waals surface area (Å²) >= 11 is 1.91. The van der Waals surface area contributed by atoms with Gasteiger partial charge in [0, 0.05) is 5.75 Å². The Morgan fingerprint density at radius 3 is 2.83 bits per heavy atom. The van der Waals surface area contributed by atoms with E-state index in [0.29, 0.717) is 5.37 Å². The molecule has 0 aromatic heterocycles. The molecule has 0 radical (unpaired) electrons. The minimum absolute atomic E-state index is 0.697. The number of hydrogen-bond donors (Lipinski definition) is 1. The third-order valence-corrected chi connectivity index (χ3v) is 1.44. The lowest BCUT2D eigenvalue weighted by Gasteiger charge is -1.85. The van der Waals surface area contributed by atoms with E-state index in [1.165, 1.54) is 5.75 Å². The molecule has 0 amide bonds. The Morgan fingerprint density at radius 1 is 2.00 bits per heavy atom. The van der Waals surface area contributed by atoms with Crippen LogP contribution < -0.4 is 5.32 Å². The van der Waals surface area contributed by atoms with Gasteiger partial charge in [-0.3, -0.25) is 0 Å². The molecule has 0 aliphatic carbocycles. The van der Waals surface area contributed by atoms with Crippen molar-refractivity contribution in [3.63, 3.8) is 0 Å². The lowest BCUT2D eigenvalue weighted by molar-refractivity contribution is 0.933. The normalized spacial score (nSPS) is 29.0. The van der Waals surface area contributed by atoms with Gasteiger partial charge in [-0.15, -0.1) is 11.8 Å². The molecule has 6 heavy (non-hydrogen) atoms. The van der Waals surface area contributed by atoms with Gasteiger partial charge in [0.15, 0.2) is 0 Å². The molecule has 0 aromatic carbocycles. The standard InChI is InChI=1S/C4H7NS/c1-2-5-4-3-6-4/h2,4-5H,1,3H2. The monoisotopic (exact) mass is 101 g/mol. The Hall–Kier alpha value is -0.110. The summed E-state index contributed by atoms with van der Waals surface area (Å²) in [5.74, 6) is 1.26. The Labute approximate surface area is 41.8 Å². The van der Waals surface area contributed by atoms with Crippen molar-refractivity contribution in [1.29, 1.82) is 0 Å². The summed E-state index contributed by atoms with van der Waals surface area (Å²) in [6, 6.07) is 0. The van der Waals surface area contributed by atoms with Crippen LogP contribution in [0.3, 0.4) is 0 Å². The minimum Gasteiger partial charge on any atom is -0.379 e. The summed E-state index contributed by atoms with van der Waals surface area (Å²) < 4.78 is 0. The smallest absolute Gasteiger partial charge is 0.0810 e. The molecule has 1 atom stereocenters. The Kier molecular flexibility index (Phi) is 1.05. The molecule has 0 bridgehead atoms. The van der Waals surface area contributed by atoms with Gasteiger partial charge in [-0.25, -0.2) is 0 Å². The highest BCUT2D eigenvalue weighted by atomic mass is 32.2. The first kappa shape index (κ1) is 4.06. The predicted octanol–water partition coefficient (Wildman–Crippen LogP) is 0.792. The molecule has 0 spiro atoms. The molecule has 1 heterocycles. The van der Waals surface area contributed by atoms with Crippen molar-refractivity contribution in [3.05, 3.63) is 12.8 Å². The van der Waals surface area contributed by atoms with Crippen LogP contribution in [0.25, 0.3) is 0 Å². The van der Waals surface area contributed by atoms with E-state index in [2.05, 4.69) is 11.9 Å². The molecule has 1 unspecified atom stereocenters. The van der Waals surface area contributed by atoms with Crippen LogP contribution in [0, 0.1) is 0 Å². The first-order valence-electron chi connectivity index (χ1n) is 1.92. The maximum absolute atomic E-state index is 3.52. The molecule has 1 aliphatic heterocycles. The predicted molar refractivity (Wildman–Crippen MR) is 29.6 cm³/mol. The topological polar surface area (TPSA) is 12.0 Å². The van der Waals surface area contributed by atoms with Crippen LogP contribution in [0.1, 0.15) is 0 Å². The molecular formula is C4H7NS. The average molecular weight is 101 g/mol. The second-order valence-electron chi connectivity index (χ2n) is 1.19.